The second-order valence-electron chi connectivity index (χ2n) is 6.55. The Bertz CT molecular complexity index is 896. The van der Waals surface area contributed by atoms with E-state index in [1.54, 1.807) is 27.2 Å². The van der Waals surface area contributed by atoms with E-state index in [0.717, 1.165) is 11.1 Å². The summed E-state index contributed by atoms with van der Waals surface area (Å²) >= 11 is 1.59. The average molecular weight is 385 g/mol. The summed E-state index contributed by atoms with van der Waals surface area (Å²) in [5.41, 5.74) is 2.96. The van der Waals surface area contributed by atoms with Gasteiger partial charge in [-0.2, -0.15) is 11.3 Å². The summed E-state index contributed by atoms with van der Waals surface area (Å²) < 4.78 is 4.89. The van der Waals surface area contributed by atoms with Gasteiger partial charge in [0.25, 0.3) is 5.91 Å². The molecule has 3 heterocycles. The molecule has 7 nitrogen and oxygen atoms in total. The van der Waals surface area contributed by atoms with Crippen molar-refractivity contribution in [2.75, 3.05) is 38.7 Å². The van der Waals surface area contributed by atoms with E-state index in [2.05, 4.69) is 5.32 Å². The zero-order chi connectivity index (χ0) is 19.0. The van der Waals surface area contributed by atoms with Crippen LogP contribution < -0.4 is 5.32 Å². The largest absolute Gasteiger partial charge is 0.375 e. The van der Waals surface area contributed by atoms with E-state index in [1.165, 1.54) is 7.11 Å². The van der Waals surface area contributed by atoms with Crippen molar-refractivity contribution in [3.8, 4) is 11.1 Å². The second kappa shape index (κ2) is 7.13. The number of piperazine rings is 1. The monoisotopic (exact) mass is 385 g/mol. The summed E-state index contributed by atoms with van der Waals surface area (Å²) in [5, 5.41) is 6.85. The van der Waals surface area contributed by atoms with Crippen molar-refractivity contribution in [1.82, 2.24) is 9.80 Å². The molecule has 0 aliphatic carbocycles. The molecule has 4 rings (SSSR count). The van der Waals surface area contributed by atoms with Gasteiger partial charge in [-0.3, -0.25) is 14.4 Å². The van der Waals surface area contributed by atoms with E-state index in [-0.39, 0.29) is 30.9 Å². The van der Waals surface area contributed by atoms with Crippen LogP contribution in [0.4, 0.5) is 5.69 Å². The lowest BCUT2D eigenvalue weighted by atomic mass is 10.0. The SMILES string of the molecule is COCC(=O)N1CCN2C(=O)c3cc(-c4ccsc4)ccc3NC(=O)C2C1. The first-order valence-electron chi connectivity index (χ1n) is 8.63. The number of nitrogens with zero attached hydrogens (tertiary/aromatic N) is 2. The number of thiophene rings is 1. The van der Waals surface area contributed by atoms with E-state index in [9.17, 15) is 14.4 Å². The van der Waals surface area contributed by atoms with Crippen LogP contribution in [-0.4, -0.2) is 66.9 Å². The van der Waals surface area contributed by atoms with Crippen LogP contribution in [0.5, 0.6) is 0 Å². The molecule has 1 aromatic heterocycles. The highest BCUT2D eigenvalue weighted by molar-refractivity contribution is 7.08. The van der Waals surface area contributed by atoms with Crippen LogP contribution in [0.1, 0.15) is 10.4 Å². The smallest absolute Gasteiger partial charge is 0.256 e. The molecule has 3 amide bonds. The van der Waals surface area contributed by atoms with Crippen molar-refractivity contribution in [1.29, 1.82) is 0 Å². The lowest BCUT2D eigenvalue weighted by molar-refractivity contribution is -0.139. The quantitative estimate of drug-likeness (QED) is 0.872. The van der Waals surface area contributed by atoms with Gasteiger partial charge in [-0.25, -0.2) is 0 Å². The van der Waals surface area contributed by atoms with Crippen LogP contribution >= 0.6 is 11.3 Å². The van der Waals surface area contributed by atoms with Gasteiger partial charge in [0.05, 0.1) is 17.8 Å². The Morgan fingerprint density at radius 2 is 2.11 bits per heavy atom. The first kappa shape index (κ1) is 17.7. The summed E-state index contributed by atoms with van der Waals surface area (Å²) in [4.78, 5) is 41.1. The highest BCUT2D eigenvalue weighted by Crippen LogP contribution is 2.31. The standard InChI is InChI=1S/C19H19N3O4S/c1-26-10-17(23)21-5-6-22-16(9-21)18(24)20-15-3-2-12(8-14(15)19(22)25)13-4-7-27-11-13/h2-4,7-8,11,16H,5-6,9-10H2,1H3,(H,20,24). The van der Waals surface area contributed by atoms with Crippen LogP contribution in [0.15, 0.2) is 35.0 Å². The predicted octanol–water partition coefficient (Wildman–Crippen LogP) is 1.67. The molecule has 2 aliphatic rings. The van der Waals surface area contributed by atoms with Crippen molar-refractivity contribution < 1.29 is 19.1 Å². The summed E-state index contributed by atoms with van der Waals surface area (Å²) in [7, 11) is 1.46. The number of carbonyl (C=O) groups excluding carboxylic acids is 3. The first-order chi connectivity index (χ1) is 13.1. The molecule has 27 heavy (non-hydrogen) atoms. The second-order valence-corrected chi connectivity index (χ2v) is 7.33. The number of nitrogens with one attached hydrogen (secondary N) is 1. The number of ether oxygens (including phenoxy) is 1. The van der Waals surface area contributed by atoms with Gasteiger partial charge in [-0.05, 0) is 40.1 Å². The summed E-state index contributed by atoms with van der Waals surface area (Å²) in [5.74, 6) is -0.650. The van der Waals surface area contributed by atoms with Gasteiger partial charge >= 0.3 is 0 Å². The molecule has 0 radical (unpaired) electrons. The summed E-state index contributed by atoms with van der Waals surface area (Å²) in [6, 6.07) is 6.78. The van der Waals surface area contributed by atoms with Crippen LogP contribution in [0.3, 0.4) is 0 Å². The van der Waals surface area contributed by atoms with E-state index in [1.807, 2.05) is 29.0 Å². The molecular weight excluding hydrogens is 366 g/mol. The van der Waals surface area contributed by atoms with E-state index >= 15 is 0 Å². The van der Waals surface area contributed by atoms with Crippen LogP contribution in [-0.2, 0) is 14.3 Å². The number of rotatable bonds is 3. The number of benzene rings is 1. The molecule has 2 aromatic rings. The maximum absolute atomic E-state index is 13.1. The van der Waals surface area contributed by atoms with E-state index in [4.69, 9.17) is 4.74 Å². The Morgan fingerprint density at radius 1 is 1.26 bits per heavy atom. The topological polar surface area (TPSA) is 79.0 Å². The average Bonchev–Trinajstić information content (AvgIpc) is 3.19. The van der Waals surface area contributed by atoms with Gasteiger partial charge in [0, 0.05) is 20.2 Å². The van der Waals surface area contributed by atoms with Gasteiger partial charge in [0.1, 0.15) is 12.6 Å². The fourth-order valence-electron chi connectivity index (χ4n) is 3.50. The van der Waals surface area contributed by atoms with E-state index < -0.39 is 6.04 Å². The molecule has 1 aromatic carbocycles. The van der Waals surface area contributed by atoms with Gasteiger partial charge in [-0.1, -0.05) is 6.07 Å². The predicted molar refractivity (Wildman–Crippen MR) is 102 cm³/mol. The summed E-state index contributed by atoms with van der Waals surface area (Å²) in [6.07, 6.45) is 0. The Hall–Kier alpha value is -2.71. The van der Waals surface area contributed by atoms with Gasteiger partial charge in [0.2, 0.25) is 11.8 Å². The van der Waals surface area contributed by atoms with Gasteiger partial charge in [-0.15, -0.1) is 0 Å². The van der Waals surface area contributed by atoms with Crippen LogP contribution in [0.25, 0.3) is 11.1 Å². The maximum Gasteiger partial charge on any atom is 0.256 e. The number of carbonyl (C=O) groups is 3. The molecular formula is C19H19N3O4S. The Labute approximate surface area is 160 Å². The molecule has 2 aliphatic heterocycles. The Kier molecular flexibility index (Phi) is 4.67. The molecule has 0 spiro atoms. The maximum atomic E-state index is 13.1. The zero-order valence-electron chi connectivity index (χ0n) is 14.8. The minimum Gasteiger partial charge on any atom is -0.375 e. The third-order valence-corrected chi connectivity index (χ3v) is 5.61. The molecule has 1 fully saturated rings. The number of anilines is 1. The number of fused-ring (bicyclic) bond motifs is 2. The molecule has 1 atom stereocenters. The van der Waals surface area contributed by atoms with E-state index in [0.29, 0.717) is 24.3 Å². The van der Waals surface area contributed by atoms with Crippen molar-refractivity contribution >= 4 is 34.7 Å². The normalized spacial score (nSPS) is 19.2. The summed E-state index contributed by atoms with van der Waals surface area (Å²) in [6.45, 7) is 0.837. The molecule has 0 bridgehead atoms. The highest BCUT2D eigenvalue weighted by atomic mass is 32.1. The molecule has 1 N–H and O–H groups in total. The minimum absolute atomic E-state index is 0.0352. The number of methoxy groups -OCH3 is 1. The van der Waals surface area contributed by atoms with Gasteiger partial charge in [0.15, 0.2) is 0 Å². The number of hydrogen-bond donors (Lipinski definition) is 1. The van der Waals surface area contributed by atoms with Crippen molar-refractivity contribution in [3.63, 3.8) is 0 Å². The molecule has 1 saturated heterocycles. The van der Waals surface area contributed by atoms with Crippen LogP contribution in [0, 0.1) is 0 Å². The fraction of sp³-hybridized carbons (Fsp3) is 0.316. The minimum atomic E-state index is -0.705. The first-order valence-corrected chi connectivity index (χ1v) is 9.58. The highest BCUT2D eigenvalue weighted by Gasteiger charge is 2.40. The third-order valence-electron chi connectivity index (χ3n) is 4.93. The number of amides is 3. The van der Waals surface area contributed by atoms with Gasteiger partial charge < -0.3 is 19.9 Å². The zero-order valence-corrected chi connectivity index (χ0v) is 15.6. The van der Waals surface area contributed by atoms with Crippen molar-refractivity contribution in [3.05, 3.63) is 40.6 Å². The Morgan fingerprint density at radius 3 is 2.85 bits per heavy atom. The fourth-order valence-corrected chi connectivity index (χ4v) is 4.17. The number of hydrogen-bond acceptors (Lipinski definition) is 5. The molecule has 140 valence electrons. The molecule has 0 saturated carbocycles. The third kappa shape index (κ3) is 3.22. The van der Waals surface area contributed by atoms with Crippen molar-refractivity contribution in [2.45, 2.75) is 6.04 Å². The molecule has 8 heteroatoms. The Balaban J connectivity index is 1.64. The van der Waals surface area contributed by atoms with Crippen LogP contribution in [0.2, 0.25) is 0 Å². The van der Waals surface area contributed by atoms with Crippen molar-refractivity contribution in [2.24, 2.45) is 0 Å². The molecule has 1 unspecified atom stereocenters. The lowest BCUT2D eigenvalue weighted by Gasteiger charge is -2.39. The lowest BCUT2D eigenvalue weighted by Crippen LogP contribution is -2.59.